The molecule has 0 aliphatic carbocycles. The molecule has 206 valence electrons. The Morgan fingerprint density at radius 3 is 2.74 bits per heavy atom. The number of ether oxygens (including phenoxy) is 3. The fraction of sp³-hybridized carbons (Fsp3) is 0.483. The number of aryl methyl sites for hydroxylation is 1. The predicted octanol–water partition coefficient (Wildman–Crippen LogP) is 5.41. The monoisotopic (exact) mass is 529 g/mol. The lowest BCUT2D eigenvalue weighted by molar-refractivity contribution is 0.00136. The molecular weight excluding hydrogens is 492 g/mol. The van der Waals surface area contributed by atoms with Gasteiger partial charge >= 0.3 is 0 Å². The molecule has 2 aromatic carbocycles. The highest BCUT2D eigenvalue weighted by atomic mass is 19.1. The highest BCUT2D eigenvalue weighted by Gasteiger charge is 2.26. The van der Waals surface area contributed by atoms with E-state index in [1.807, 2.05) is 37.3 Å². The van der Waals surface area contributed by atoms with Gasteiger partial charge in [-0.25, -0.2) is 13.5 Å². The van der Waals surface area contributed by atoms with E-state index in [9.17, 15) is 13.9 Å². The van der Waals surface area contributed by atoms with Crippen molar-refractivity contribution in [3.63, 3.8) is 0 Å². The molecule has 3 aromatic rings. The molecule has 7 nitrogen and oxygen atoms in total. The van der Waals surface area contributed by atoms with E-state index in [4.69, 9.17) is 19.3 Å². The summed E-state index contributed by atoms with van der Waals surface area (Å²) in [5, 5.41) is 15.5. The van der Waals surface area contributed by atoms with Crippen LogP contribution >= 0.6 is 0 Å². The lowest BCUT2D eigenvalue weighted by atomic mass is 10.1. The smallest absolute Gasteiger partial charge is 0.227 e. The first-order chi connectivity index (χ1) is 18.4. The van der Waals surface area contributed by atoms with Gasteiger partial charge in [0.05, 0.1) is 35.8 Å². The second kappa shape index (κ2) is 13.8. The Morgan fingerprint density at radius 2 is 2.03 bits per heavy atom. The summed E-state index contributed by atoms with van der Waals surface area (Å²) in [5.41, 5.74) is 2.20. The lowest BCUT2D eigenvalue weighted by Gasteiger charge is -2.27. The molecule has 4 rings (SSSR count). The average molecular weight is 530 g/mol. The molecule has 1 aliphatic rings. The summed E-state index contributed by atoms with van der Waals surface area (Å²) < 4.78 is 47.4. The van der Waals surface area contributed by atoms with Crippen LogP contribution in [0.2, 0.25) is 0 Å². The van der Waals surface area contributed by atoms with Gasteiger partial charge in [0, 0.05) is 38.9 Å². The first-order valence-electron chi connectivity index (χ1n) is 13.3. The average Bonchev–Trinajstić information content (AvgIpc) is 3.52. The van der Waals surface area contributed by atoms with Gasteiger partial charge in [-0.05, 0) is 50.5 Å². The largest absolute Gasteiger partial charge is 0.435 e. The standard InChI is InChI=1S/C29H37F2N3O4/c1-3-4-14-36-20-24(35)17-33(18-25-11-8-15-37-25)19-26-21(2)32-34(23-9-6-5-7-10-23)29(26)38-28-13-12-22(30)16-27(28)31/h5-7,9-10,12-13,16,24-25,35H,3-4,8,11,14-15,17-20H2,1-2H3/t24-,25+/m1/s1. The van der Waals surface area contributed by atoms with Gasteiger partial charge in [-0.3, -0.25) is 4.90 Å². The Morgan fingerprint density at radius 1 is 1.21 bits per heavy atom. The Kier molecular flexibility index (Phi) is 10.2. The molecule has 1 fully saturated rings. The molecule has 0 saturated carbocycles. The number of nitrogens with zero attached hydrogens (tertiary/aromatic N) is 3. The number of para-hydroxylation sites is 1. The molecule has 38 heavy (non-hydrogen) atoms. The van der Waals surface area contributed by atoms with Gasteiger partial charge in [-0.2, -0.15) is 5.10 Å². The molecule has 0 unspecified atom stereocenters. The number of halogens is 2. The number of rotatable bonds is 14. The molecule has 0 amide bonds. The number of hydrogen-bond acceptors (Lipinski definition) is 6. The Bertz CT molecular complexity index is 1150. The number of benzene rings is 2. The van der Waals surface area contributed by atoms with Crippen molar-refractivity contribution in [3.05, 3.63) is 71.4 Å². The highest BCUT2D eigenvalue weighted by molar-refractivity contribution is 5.43. The maximum Gasteiger partial charge on any atom is 0.227 e. The summed E-state index contributed by atoms with van der Waals surface area (Å²) in [7, 11) is 0. The zero-order valence-electron chi connectivity index (χ0n) is 22.1. The highest BCUT2D eigenvalue weighted by Crippen LogP contribution is 2.33. The summed E-state index contributed by atoms with van der Waals surface area (Å²) in [4.78, 5) is 2.11. The lowest BCUT2D eigenvalue weighted by Crippen LogP contribution is -2.39. The van der Waals surface area contributed by atoms with Gasteiger partial charge in [0.25, 0.3) is 0 Å². The van der Waals surface area contributed by atoms with Gasteiger partial charge in [-0.15, -0.1) is 0 Å². The van der Waals surface area contributed by atoms with Crippen molar-refractivity contribution >= 4 is 0 Å². The quantitative estimate of drug-likeness (QED) is 0.282. The van der Waals surface area contributed by atoms with Gasteiger partial charge in [-0.1, -0.05) is 31.5 Å². The second-order valence-corrected chi connectivity index (χ2v) is 9.70. The number of unbranched alkanes of at least 4 members (excludes halogenated alkanes) is 1. The molecule has 1 N–H and O–H groups in total. The van der Waals surface area contributed by atoms with Crippen LogP contribution in [0.3, 0.4) is 0 Å². The minimum Gasteiger partial charge on any atom is -0.435 e. The second-order valence-electron chi connectivity index (χ2n) is 9.70. The Labute approximate surface area is 222 Å². The van der Waals surface area contributed by atoms with E-state index in [0.29, 0.717) is 37.8 Å². The normalized spacial score (nSPS) is 16.3. The molecule has 2 heterocycles. The molecule has 0 radical (unpaired) electrons. The van der Waals surface area contributed by atoms with Crippen molar-refractivity contribution in [1.29, 1.82) is 0 Å². The third-order valence-electron chi connectivity index (χ3n) is 6.53. The van der Waals surface area contributed by atoms with E-state index in [1.54, 1.807) is 4.68 Å². The SMILES string of the molecule is CCCCOC[C@H](O)CN(Cc1c(C)nn(-c2ccccc2)c1Oc1ccc(F)cc1F)C[C@@H]1CCCO1. The van der Waals surface area contributed by atoms with Crippen LogP contribution in [0.5, 0.6) is 11.6 Å². The Balaban J connectivity index is 1.63. The summed E-state index contributed by atoms with van der Waals surface area (Å²) in [5.74, 6) is -1.24. The third-order valence-corrected chi connectivity index (χ3v) is 6.53. The summed E-state index contributed by atoms with van der Waals surface area (Å²) >= 11 is 0. The van der Waals surface area contributed by atoms with E-state index in [1.165, 1.54) is 6.07 Å². The van der Waals surface area contributed by atoms with Crippen LogP contribution in [0.25, 0.3) is 5.69 Å². The predicted molar refractivity (Wildman–Crippen MR) is 141 cm³/mol. The van der Waals surface area contributed by atoms with Crippen LogP contribution in [0, 0.1) is 18.6 Å². The van der Waals surface area contributed by atoms with Gasteiger partial charge in [0.1, 0.15) is 5.82 Å². The number of aromatic nitrogens is 2. The number of hydrogen-bond donors (Lipinski definition) is 1. The van der Waals surface area contributed by atoms with Gasteiger partial charge in [0.15, 0.2) is 11.6 Å². The van der Waals surface area contributed by atoms with Crippen LogP contribution in [0.1, 0.15) is 43.9 Å². The Hall–Kier alpha value is -2.85. The van der Waals surface area contributed by atoms with Crippen molar-refractivity contribution in [2.24, 2.45) is 0 Å². The molecular formula is C29H37F2N3O4. The fourth-order valence-electron chi connectivity index (χ4n) is 4.55. The number of aliphatic hydroxyl groups excluding tert-OH is 1. The zero-order valence-corrected chi connectivity index (χ0v) is 22.1. The van der Waals surface area contributed by atoms with E-state index >= 15 is 0 Å². The summed E-state index contributed by atoms with van der Waals surface area (Å²) in [6, 6.07) is 12.6. The van der Waals surface area contributed by atoms with E-state index < -0.39 is 17.7 Å². The van der Waals surface area contributed by atoms with Crippen LogP contribution in [0.4, 0.5) is 8.78 Å². The molecule has 0 bridgehead atoms. The maximum absolute atomic E-state index is 14.6. The first kappa shape index (κ1) is 28.2. The van der Waals surface area contributed by atoms with E-state index in [0.717, 1.165) is 55.7 Å². The van der Waals surface area contributed by atoms with Crippen molar-refractivity contribution in [2.75, 3.05) is 32.9 Å². The molecule has 1 aliphatic heterocycles. The first-order valence-corrected chi connectivity index (χ1v) is 13.3. The summed E-state index contributed by atoms with van der Waals surface area (Å²) in [6.07, 6.45) is 3.31. The van der Waals surface area contributed by atoms with E-state index in [-0.39, 0.29) is 18.5 Å². The van der Waals surface area contributed by atoms with Crippen LogP contribution < -0.4 is 4.74 Å². The topological polar surface area (TPSA) is 69.0 Å². The molecule has 9 heteroatoms. The fourth-order valence-corrected chi connectivity index (χ4v) is 4.55. The van der Waals surface area contributed by atoms with Crippen molar-refractivity contribution < 1.29 is 28.1 Å². The van der Waals surface area contributed by atoms with Crippen molar-refractivity contribution in [3.8, 4) is 17.3 Å². The molecule has 0 spiro atoms. The van der Waals surface area contributed by atoms with Crippen molar-refractivity contribution in [2.45, 2.75) is 58.3 Å². The maximum atomic E-state index is 14.6. The minimum atomic E-state index is -0.801. The van der Waals surface area contributed by atoms with Crippen LogP contribution in [-0.2, 0) is 16.0 Å². The summed E-state index contributed by atoms with van der Waals surface area (Å²) in [6.45, 7) is 6.93. The number of aliphatic hydroxyl groups is 1. The minimum absolute atomic E-state index is 0.0617. The molecule has 1 aromatic heterocycles. The third kappa shape index (κ3) is 7.60. The van der Waals surface area contributed by atoms with Gasteiger partial charge < -0.3 is 19.3 Å². The van der Waals surface area contributed by atoms with Gasteiger partial charge in [0.2, 0.25) is 5.88 Å². The molecule has 2 atom stereocenters. The zero-order chi connectivity index (χ0) is 26.9. The van der Waals surface area contributed by atoms with Crippen molar-refractivity contribution in [1.82, 2.24) is 14.7 Å². The molecule has 1 saturated heterocycles. The van der Waals surface area contributed by atoms with Crippen LogP contribution in [-0.4, -0.2) is 64.9 Å². The van der Waals surface area contributed by atoms with E-state index in [2.05, 4.69) is 11.8 Å². The van der Waals surface area contributed by atoms with Crippen LogP contribution in [0.15, 0.2) is 48.5 Å².